The molecule has 1 aliphatic heterocycles. The van der Waals surface area contributed by atoms with Crippen LogP contribution in [0.2, 0.25) is 0 Å². The molecule has 1 aromatic carbocycles. The highest BCUT2D eigenvalue weighted by Crippen LogP contribution is 2.14. The molecule has 0 atom stereocenters. The van der Waals surface area contributed by atoms with Gasteiger partial charge in [0.15, 0.2) is 5.82 Å². The second-order valence-electron chi connectivity index (χ2n) is 7.18. The number of nitrogens with zero attached hydrogens (tertiary/aromatic N) is 4. The zero-order valence-electron chi connectivity index (χ0n) is 15.0. The van der Waals surface area contributed by atoms with Gasteiger partial charge in [-0.25, -0.2) is 0 Å². The molecule has 5 nitrogen and oxygen atoms in total. The van der Waals surface area contributed by atoms with Crippen molar-refractivity contribution in [3.8, 4) is 0 Å². The lowest BCUT2D eigenvalue weighted by molar-refractivity contribution is 0.119. The summed E-state index contributed by atoms with van der Waals surface area (Å²) in [6, 6.07) is 8.66. The van der Waals surface area contributed by atoms with Crippen LogP contribution >= 0.6 is 0 Å². The summed E-state index contributed by atoms with van der Waals surface area (Å²) in [6.07, 6.45) is 0.858. The molecule has 2 aromatic rings. The normalized spacial score (nSPS) is 16.8. The zero-order valence-corrected chi connectivity index (χ0v) is 15.0. The molecule has 0 saturated carbocycles. The molecule has 0 aliphatic carbocycles. The molecule has 0 spiro atoms. The molecule has 1 aromatic heterocycles. The topological polar surface area (TPSA) is 45.4 Å². The lowest BCUT2D eigenvalue weighted by atomic mass is 10.1. The molecule has 0 radical (unpaired) electrons. The van der Waals surface area contributed by atoms with Crippen LogP contribution in [-0.2, 0) is 19.5 Å². The van der Waals surface area contributed by atoms with Gasteiger partial charge in [0.25, 0.3) is 0 Å². The Bertz CT molecular complexity index is 644. The molecule has 0 amide bonds. The second kappa shape index (κ2) is 7.90. The van der Waals surface area contributed by atoms with Gasteiger partial charge in [0.2, 0.25) is 5.89 Å². The fourth-order valence-corrected chi connectivity index (χ4v) is 3.12. The van der Waals surface area contributed by atoms with E-state index in [1.165, 1.54) is 11.1 Å². The summed E-state index contributed by atoms with van der Waals surface area (Å²) in [5.74, 6) is 2.12. The Morgan fingerprint density at radius 1 is 1.04 bits per heavy atom. The Morgan fingerprint density at radius 2 is 1.71 bits per heavy atom. The molecule has 1 saturated heterocycles. The third-order valence-electron chi connectivity index (χ3n) is 4.58. The summed E-state index contributed by atoms with van der Waals surface area (Å²) in [4.78, 5) is 9.45. The van der Waals surface area contributed by atoms with E-state index in [0.717, 1.165) is 57.4 Å². The highest BCUT2D eigenvalue weighted by molar-refractivity contribution is 5.25. The van der Waals surface area contributed by atoms with Gasteiger partial charge in [-0.2, -0.15) is 4.98 Å². The third kappa shape index (κ3) is 4.65. The van der Waals surface area contributed by atoms with E-state index in [2.05, 4.69) is 65.0 Å². The van der Waals surface area contributed by atoms with Crippen molar-refractivity contribution in [3.63, 3.8) is 0 Å². The average Bonchev–Trinajstić information content (AvgIpc) is 2.98. The molecule has 5 heteroatoms. The average molecular weight is 328 g/mol. The molecule has 0 bridgehead atoms. The van der Waals surface area contributed by atoms with Crippen LogP contribution in [0, 0.1) is 12.8 Å². The van der Waals surface area contributed by atoms with Gasteiger partial charge >= 0.3 is 0 Å². The molecular formula is C19H28N4O. The first-order valence-corrected chi connectivity index (χ1v) is 8.91. The Labute approximate surface area is 144 Å². The first-order valence-electron chi connectivity index (χ1n) is 8.91. The Morgan fingerprint density at radius 3 is 2.38 bits per heavy atom. The number of aryl methyl sites for hydroxylation is 1. The van der Waals surface area contributed by atoms with Crippen LogP contribution in [-0.4, -0.2) is 46.1 Å². The number of aromatic nitrogens is 2. The number of benzene rings is 1. The smallest absolute Gasteiger partial charge is 0.226 e. The van der Waals surface area contributed by atoms with Gasteiger partial charge in [-0.3, -0.25) is 9.80 Å². The van der Waals surface area contributed by atoms with Crippen molar-refractivity contribution in [1.82, 2.24) is 19.9 Å². The quantitative estimate of drug-likeness (QED) is 0.816. The monoisotopic (exact) mass is 328 g/mol. The summed E-state index contributed by atoms with van der Waals surface area (Å²) in [7, 11) is 0. The van der Waals surface area contributed by atoms with Gasteiger partial charge in [-0.1, -0.05) is 43.3 Å². The number of hydrogen-bond donors (Lipinski definition) is 0. The lowest BCUT2D eigenvalue weighted by Gasteiger charge is -2.34. The van der Waals surface area contributed by atoms with Crippen LogP contribution in [0.5, 0.6) is 0 Å². The molecule has 0 unspecified atom stereocenters. The van der Waals surface area contributed by atoms with Crippen LogP contribution in [0.3, 0.4) is 0 Å². The fourth-order valence-electron chi connectivity index (χ4n) is 3.12. The van der Waals surface area contributed by atoms with E-state index < -0.39 is 0 Å². The Kier molecular flexibility index (Phi) is 5.63. The molecule has 24 heavy (non-hydrogen) atoms. The molecule has 3 rings (SSSR count). The number of piperazine rings is 1. The maximum Gasteiger partial charge on any atom is 0.226 e. The SMILES string of the molecule is Cc1ccccc1CN1CCN(Cc2noc(CC(C)C)n2)CC1. The minimum Gasteiger partial charge on any atom is -0.339 e. The molecular weight excluding hydrogens is 300 g/mol. The van der Waals surface area contributed by atoms with Gasteiger partial charge < -0.3 is 4.52 Å². The van der Waals surface area contributed by atoms with Gasteiger partial charge in [-0.05, 0) is 24.0 Å². The van der Waals surface area contributed by atoms with E-state index in [0.29, 0.717) is 5.92 Å². The summed E-state index contributed by atoms with van der Waals surface area (Å²) in [5, 5.41) is 4.12. The molecule has 2 heterocycles. The van der Waals surface area contributed by atoms with Crippen LogP contribution in [0.15, 0.2) is 28.8 Å². The predicted molar refractivity (Wildman–Crippen MR) is 94.6 cm³/mol. The minimum atomic E-state index is 0.545. The van der Waals surface area contributed by atoms with Crippen LogP contribution in [0.1, 0.15) is 36.7 Å². The van der Waals surface area contributed by atoms with Crippen molar-refractivity contribution in [2.24, 2.45) is 5.92 Å². The molecule has 0 N–H and O–H groups in total. The van der Waals surface area contributed by atoms with Gasteiger partial charge in [-0.15, -0.1) is 0 Å². The van der Waals surface area contributed by atoms with Crippen molar-refractivity contribution >= 4 is 0 Å². The van der Waals surface area contributed by atoms with Crippen molar-refractivity contribution in [1.29, 1.82) is 0 Å². The summed E-state index contributed by atoms with van der Waals surface area (Å²) in [6.45, 7) is 12.6. The number of rotatable bonds is 6. The lowest BCUT2D eigenvalue weighted by Crippen LogP contribution is -2.45. The first kappa shape index (κ1) is 17.1. The van der Waals surface area contributed by atoms with E-state index in [-0.39, 0.29) is 0 Å². The standard InChI is InChI=1S/C19H28N4O/c1-15(2)12-19-20-18(21-24-19)14-23-10-8-22(9-11-23)13-17-7-5-4-6-16(17)3/h4-7,15H,8-14H2,1-3H3. The van der Waals surface area contributed by atoms with Crippen molar-refractivity contribution < 1.29 is 4.52 Å². The van der Waals surface area contributed by atoms with E-state index in [1.807, 2.05) is 0 Å². The largest absolute Gasteiger partial charge is 0.339 e. The van der Waals surface area contributed by atoms with Crippen molar-refractivity contribution in [2.45, 2.75) is 40.3 Å². The van der Waals surface area contributed by atoms with Crippen molar-refractivity contribution in [3.05, 3.63) is 47.1 Å². The Balaban J connectivity index is 1.47. The van der Waals surface area contributed by atoms with E-state index in [4.69, 9.17) is 4.52 Å². The summed E-state index contributed by atoms with van der Waals surface area (Å²) >= 11 is 0. The van der Waals surface area contributed by atoms with E-state index >= 15 is 0 Å². The van der Waals surface area contributed by atoms with Crippen molar-refractivity contribution in [2.75, 3.05) is 26.2 Å². The van der Waals surface area contributed by atoms with Gasteiger partial charge in [0.1, 0.15) is 0 Å². The maximum absolute atomic E-state index is 5.33. The van der Waals surface area contributed by atoms with E-state index in [1.54, 1.807) is 0 Å². The minimum absolute atomic E-state index is 0.545. The number of hydrogen-bond acceptors (Lipinski definition) is 5. The summed E-state index contributed by atoms with van der Waals surface area (Å²) < 4.78 is 5.33. The first-order chi connectivity index (χ1) is 11.6. The highest BCUT2D eigenvalue weighted by atomic mass is 16.5. The van der Waals surface area contributed by atoms with Gasteiger partial charge in [0.05, 0.1) is 6.54 Å². The second-order valence-corrected chi connectivity index (χ2v) is 7.18. The fraction of sp³-hybridized carbons (Fsp3) is 0.579. The Hall–Kier alpha value is -1.72. The van der Waals surface area contributed by atoms with Gasteiger partial charge in [0, 0.05) is 39.1 Å². The summed E-state index contributed by atoms with van der Waals surface area (Å²) in [5.41, 5.74) is 2.81. The maximum atomic E-state index is 5.33. The van der Waals surface area contributed by atoms with Crippen LogP contribution < -0.4 is 0 Å². The van der Waals surface area contributed by atoms with Crippen LogP contribution in [0.4, 0.5) is 0 Å². The third-order valence-corrected chi connectivity index (χ3v) is 4.58. The zero-order chi connectivity index (χ0) is 16.9. The molecule has 130 valence electrons. The molecule has 1 fully saturated rings. The predicted octanol–water partition coefficient (Wildman–Crippen LogP) is 2.89. The molecule has 1 aliphatic rings. The highest BCUT2D eigenvalue weighted by Gasteiger charge is 2.19. The van der Waals surface area contributed by atoms with Crippen LogP contribution in [0.25, 0.3) is 0 Å². The van der Waals surface area contributed by atoms with E-state index in [9.17, 15) is 0 Å².